The SMILES string of the molecule is CCn1nc(C(=O)NC[C@H]2CC[C@H](S(C)(=O)=O)CC2)c(Cl)c1-c1cnc(N2CC(OC(F)F)C2)cc1OC. The van der Waals surface area contributed by atoms with E-state index in [0.717, 1.165) is 12.8 Å². The number of carbonyl (C=O) groups is 1. The number of hydrogen-bond donors (Lipinski definition) is 1. The van der Waals surface area contributed by atoms with Gasteiger partial charge in [0.2, 0.25) is 0 Å². The van der Waals surface area contributed by atoms with Crippen molar-refractivity contribution >= 4 is 33.2 Å². The van der Waals surface area contributed by atoms with E-state index in [2.05, 4.69) is 20.1 Å². The molecule has 38 heavy (non-hydrogen) atoms. The highest BCUT2D eigenvalue weighted by Gasteiger charge is 2.32. The zero-order valence-electron chi connectivity index (χ0n) is 21.5. The van der Waals surface area contributed by atoms with Crippen molar-refractivity contribution in [3.8, 4) is 17.0 Å². The third kappa shape index (κ3) is 6.20. The Kier molecular flexibility index (Phi) is 8.78. The van der Waals surface area contributed by atoms with Crippen LogP contribution < -0.4 is 15.0 Å². The molecular weight excluding hydrogens is 544 g/mol. The molecule has 3 heterocycles. The number of amides is 1. The fourth-order valence-electron chi connectivity index (χ4n) is 4.96. The number of alkyl halides is 2. The van der Waals surface area contributed by atoms with E-state index in [9.17, 15) is 22.0 Å². The van der Waals surface area contributed by atoms with Gasteiger partial charge in [-0.1, -0.05) is 11.6 Å². The van der Waals surface area contributed by atoms with Crippen molar-refractivity contribution in [3.63, 3.8) is 0 Å². The van der Waals surface area contributed by atoms with E-state index in [-0.39, 0.29) is 35.0 Å². The van der Waals surface area contributed by atoms with E-state index in [1.165, 1.54) is 13.4 Å². The van der Waals surface area contributed by atoms with E-state index < -0.39 is 28.5 Å². The maximum absolute atomic E-state index is 13.0. The molecule has 2 fully saturated rings. The van der Waals surface area contributed by atoms with Gasteiger partial charge in [0.25, 0.3) is 5.91 Å². The van der Waals surface area contributed by atoms with Crippen LogP contribution in [0, 0.1) is 5.92 Å². The number of carbonyl (C=O) groups excluding carboxylic acids is 1. The van der Waals surface area contributed by atoms with Gasteiger partial charge in [-0.05, 0) is 38.5 Å². The van der Waals surface area contributed by atoms with Crippen LogP contribution >= 0.6 is 11.6 Å². The summed E-state index contributed by atoms with van der Waals surface area (Å²) in [6.45, 7) is 0.464. The molecule has 0 spiro atoms. The highest BCUT2D eigenvalue weighted by Crippen LogP contribution is 2.38. The molecule has 0 aromatic carbocycles. The average molecular weight is 576 g/mol. The Hall–Kier alpha value is -2.51. The average Bonchev–Trinajstić information content (AvgIpc) is 3.19. The highest BCUT2D eigenvalue weighted by molar-refractivity contribution is 7.91. The molecule has 0 bridgehead atoms. The maximum Gasteiger partial charge on any atom is 0.345 e. The van der Waals surface area contributed by atoms with Crippen LogP contribution in [0.4, 0.5) is 14.6 Å². The Morgan fingerprint density at radius 3 is 2.53 bits per heavy atom. The normalized spacial score (nSPS) is 20.4. The quantitative estimate of drug-likeness (QED) is 0.458. The fraction of sp³-hybridized carbons (Fsp3) is 0.625. The maximum atomic E-state index is 13.0. The third-order valence-corrected chi connectivity index (χ3v) is 9.19. The first-order valence-electron chi connectivity index (χ1n) is 12.5. The summed E-state index contributed by atoms with van der Waals surface area (Å²) in [5.74, 6) is 0.761. The first-order valence-corrected chi connectivity index (χ1v) is 14.8. The van der Waals surface area contributed by atoms with Gasteiger partial charge in [-0.15, -0.1) is 0 Å². The predicted molar refractivity (Wildman–Crippen MR) is 139 cm³/mol. The minimum atomic E-state index is -3.05. The Morgan fingerprint density at radius 2 is 1.95 bits per heavy atom. The predicted octanol–water partition coefficient (Wildman–Crippen LogP) is 3.39. The molecular formula is C24H32ClF2N5O5S. The van der Waals surface area contributed by atoms with Gasteiger partial charge in [0.05, 0.1) is 34.7 Å². The molecule has 1 aliphatic heterocycles. The van der Waals surface area contributed by atoms with Gasteiger partial charge in [-0.2, -0.15) is 13.9 Å². The Balaban J connectivity index is 1.46. The minimum Gasteiger partial charge on any atom is -0.496 e. The summed E-state index contributed by atoms with van der Waals surface area (Å²) in [5.41, 5.74) is 1.09. The van der Waals surface area contributed by atoms with Crippen LogP contribution in [0.3, 0.4) is 0 Å². The molecule has 2 aromatic heterocycles. The topological polar surface area (TPSA) is 116 Å². The van der Waals surface area contributed by atoms with Crippen molar-refractivity contribution in [2.75, 3.05) is 37.9 Å². The van der Waals surface area contributed by atoms with Crippen molar-refractivity contribution < 1.29 is 31.5 Å². The lowest BCUT2D eigenvalue weighted by Gasteiger charge is -2.39. The Bertz CT molecular complexity index is 1260. The summed E-state index contributed by atoms with van der Waals surface area (Å²) in [6, 6.07) is 1.68. The molecule has 1 saturated carbocycles. The van der Waals surface area contributed by atoms with Crippen molar-refractivity contribution in [3.05, 3.63) is 23.0 Å². The van der Waals surface area contributed by atoms with Gasteiger partial charge in [0.15, 0.2) is 5.69 Å². The number of pyridine rings is 1. The summed E-state index contributed by atoms with van der Waals surface area (Å²) in [7, 11) is -1.55. The van der Waals surface area contributed by atoms with Crippen LogP contribution in [-0.2, 0) is 21.1 Å². The van der Waals surface area contributed by atoms with E-state index in [1.54, 1.807) is 21.8 Å². The molecule has 1 amide bonds. The highest BCUT2D eigenvalue weighted by atomic mass is 35.5. The van der Waals surface area contributed by atoms with Gasteiger partial charge < -0.3 is 19.7 Å². The number of aryl methyl sites for hydroxylation is 1. The second kappa shape index (κ2) is 11.7. The number of aromatic nitrogens is 3. The van der Waals surface area contributed by atoms with Crippen molar-refractivity contribution in [1.29, 1.82) is 0 Å². The molecule has 0 radical (unpaired) electrons. The van der Waals surface area contributed by atoms with E-state index in [4.69, 9.17) is 16.3 Å². The Labute approximate surface area is 225 Å². The molecule has 2 aliphatic rings. The molecule has 2 aromatic rings. The van der Waals surface area contributed by atoms with Crippen LogP contribution in [0.2, 0.25) is 5.02 Å². The van der Waals surface area contributed by atoms with E-state index in [1.807, 2.05) is 6.92 Å². The zero-order valence-corrected chi connectivity index (χ0v) is 23.1. The number of hydrogen-bond acceptors (Lipinski definition) is 8. The number of anilines is 1. The largest absolute Gasteiger partial charge is 0.496 e. The summed E-state index contributed by atoms with van der Waals surface area (Å²) in [5, 5.41) is 7.17. The summed E-state index contributed by atoms with van der Waals surface area (Å²) in [6.07, 6.45) is 4.90. The summed E-state index contributed by atoms with van der Waals surface area (Å²) in [4.78, 5) is 19.3. The molecule has 14 heteroatoms. The number of nitrogens with zero attached hydrogens (tertiary/aromatic N) is 4. The van der Waals surface area contributed by atoms with Crippen LogP contribution in [0.5, 0.6) is 5.75 Å². The fourth-order valence-corrected chi connectivity index (χ4v) is 6.41. The van der Waals surface area contributed by atoms with Crippen molar-refractivity contribution in [2.45, 2.75) is 57.1 Å². The molecule has 10 nitrogen and oxygen atoms in total. The smallest absolute Gasteiger partial charge is 0.345 e. The van der Waals surface area contributed by atoms with Crippen LogP contribution in [0.15, 0.2) is 12.3 Å². The third-order valence-electron chi connectivity index (χ3n) is 7.15. The second-order valence-corrected chi connectivity index (χ2v) is 12.4. The molecule has 210 valence electrons. The number of nitrogens with one attached hydrogen (secondary N) is 1. The zero-order chi connectivity index (χ0) is 27.6. The number of ether oxygens (including phenoxy) is 2. The number of halogens is 3. The van der Waals surface area contributed by atoms with Gasteiger partial charge in [-0.3, -0.25) is 9.48 Å². The Morgan fingerprint density at radius 1 is 1.26 bits per heavy atom. The molecule has 1 N–H and O–H groups in total. The molecule has 4 rings (SSSR count). The first kappa shape index (κ1) is 28.5. The molecule has 0 atom stereocenters. The van der Waals surface area contributed by atoms with Crippen molar-refractivity contribution in [1.82, 2.24) is 20.1 Å². The van der Waals surface area contributed by atoms with Gasteiger partial charge in [-0.25, -0.2) is 13.4 Å². The van der Waals surface area contributed by atoms with Gasteiger partial charge in [0.1, 0.15) is 21.4 Å². The van der Waals surface area contributed by atoms with Crippen molar-refractivity contribution in [2.24, 2.45) is 5.92 Å². The molecule has 1 aliphatic carbocycles. The van der Waals surface area contributed by atoms with Crippen LogP contribution in [-0.4, -0.2) is 80.1 Å². The molecule has 1 saturated heterocycles. The van der Waals surface area contributed by atoms with Gasteiger partial charge >= 0.3 is 6.61 Å². The lowest BCUT2D eigenvalue weighted by Crippen LogP contribution is -2.53. The lowest BCUT2D eigenvalue weighted by molar-refractivity contribution is -0.167. The number of rotatable bonds is 10. The van der Waals surface area contributed by atoms with E-state index >= 15 is 0 Å². The minimum absolute atomic E-state index is 0.0780. The monoisotopic (exact) mass is 575 g/mol. The number of sulfone groups is 1. The first-order chi connectivity index (χ1) is 18.0. The standard InChI is InChI=1S/C24H32ClF2N5O5S/c1-4-32-22(17-11-28-19(9-18(17)36-2)31-12-15(13-31)37-24(26)27)20(25)21(30-32)23(33)29-10-14-5-7-16(8-6-14)38(3,34)35/h9,11,14-16,24H,4-8,10,12-13H2,1-3H3,(H,29,33)/t14-,16-. The van der Waals surface area contributed by atoms with Crippen LogP contribution in [0.25, 0.3) is 11.3 Å². The lowest BCUT2D eigenvalue weighted by atomic mass is 9.89. The van der Waals surface area contributed by atoms with E-state index in [0.29, 0.717) is 48.8 Å². The molecule has 0 unspecified atom stereocenters. The number of methoxy groups -OCH3 is 1. The summed E-state index contributed by atoms with van der Waals surface area (Å²) < 4.78 is 60.1. The van der Waals surface area contributed by atoms with Crippen LogP contribution in [0.1, 0.15) is 43.1 Å². The second-order valence-electron chi connectivity index (χ2n) is 9.68. The van der Waals surface area contributed by atoms with Gasteiger partial charge in [0, 0.05) is 44.7 Å². The summed E-state index contributed by atoms with van der Waals surface area (Å²) >= 11 is 6.67.